The minimum absolute atomic E-state index is 0.0235. The Kier molecular flexibility index (Phi) is 4.10. The van der Waals surface area contributed by atoms with Crippen molar-refractivity contribution in [2.24, 2.45) is 7.05 Å². The van der Waals surface area contributed by atoms with E-state index in [1.807, 2.05) is 0 Å². The molecule has 3 rings (SSSR count). The van der Waals surface area contributed by atoms with Crippen LogP contribution in [-0.2, 0) is 18.4 Å². The number of aromatic nitrogens is 2. The Hall–Kier alpha value is -2.70. The minimum Gasteiger partial charge on any atom is -0.346 e. The van der Waals surface area contributed by atoms with Crippen LogP contribution in [0.1, 0.15) is 22.5 Å². The number of benzene rings is 1. The summed E-state index contributed by atoms with van der Waals surface area (Å²) in [6, 6.07) is 7.46. The van der Waals surface area contributed by atoms with Gasteiger partial charge in [0, 0.05) is 32.8 Å². The van der Waals surface area contributed by atoms with Gasteiger partial charge in [-0.1, -0.05) is 12.1 Å². The van der Waals surface area contributed by atoms with Crippen LogP contribution in [0.25, 0.3) is 0 Å². The predicted molar refractivity (Wildman–Crippen MR) is 80.9 cm³/mol. The normalized spacial score (nSPS) is 17.6. The zero-order valence-electron chi connectivity index (χ0n) is 12.7. The molecular formula is C16H17FN4O2. The first-order valence-electron chi connectivity index (χ1n) is 7.34. The van der Waals surface area contributed by atoms with Crippen molar-refractivity contribution < 1.29 is 14.0 Å². The van der Waals surface area contributed by atoms with Crippen molar-refractivity contribution in [1.29, 1.82) is 0 Å². The van der Waals surface area contributed by atoms with Gasteiger partial charge < -0.3 is 10.2 Å². The molecule has 1 aromatic heterocycles. The van der Waals surface area contributed by atoms with Crippen molar-refractivity contribution in [3.8, 4) is 0 Å². The van der Waals surface area contributed by atoms with Crippen LogP contribution < -0.4 is 5.32 Å². The summed E-state index contributed by atoms with van der Waals surface area (Å²) in [6.45, 7) is 0.858. The van der Waals surface area contributed by atoms with Crippen LogP contribution >= 0.6 is 0 Å². The van der Waals surface area contributed by atoms with Crippen molar-refractivity contribution in [3.05, 3.63) is 53.6 Å². The van der Waals surface area contributed by atoms with E-state index in [2.05, 4.69) is 10.4 Å². The van der Waals surface area contributed by atoms with Gasteiger partial charge in [0.2, 0.25) is 5.91 Å². The van der Waals surface area contributed by atoms with Crippen molar-refractivity contribution >= 4 is 11.8 Å². The molecule has 0 spiro atoms. The number of hydrogen-bond donors (Lipinski definition) is 1. The third kappa shape index (κ3) is 3.39. The lowest BCUT2D eigenvalue weighted by molar-refractivity contribution is -0.128. The zero-order valence-corrected chi connectivity index (χ0v) is 12.7. The summed E-state index contributed by atoms with van der Waals surface area (Å²) in [6.07, 6.45) is 1.82. The SMILES string of the molecule is Cn1nccc1C(=O)NC1CC(=O)N(Cc2ccc(F)cc2)C1. The van der Waals surface area contributed by atoms with E-state index in [9.17, 15) is 14.0 Å². The molecule has 0 bridgehead atoms. The van der Waals surface area contributed by atoms with Crippen molar-refractivity contribution in [1.82, 2.24) is 20.0 Å². The number of halogens is 1. The van der Waals surface area contributed by atoms with Gasteiger partial charge in [-0.25, -0.2) is 4.39 Å². The number of rotatable bonds is 4. The second kappa shape index (κ2) is 6.20. The molecule has 1 atom stereocenters. The first-order chi connectivity index (χ1) is 11.0. The monoisotopic (exact) mass is 316 g/mol. The molecule has 1 aliphatic rings. The van der Waals surface area contributed by atoms with Gasteiger partial charge in [0.1, 0.15) is 11.5 Å². The Morgan fingerprint density at radius 3 is 2.74 bits per heavy atom. The molecule has 23 heavy (non-hydrogen) atoms. The average Bonchev–Trinajstić information content (AvgIpc) is 3.08. The number of carbonyl (C=O) groups is 2. The Balaban J connectivity index is 1.60. The molecule has 1 N–H and O–H groups in total. The van der Waals surface area contributed by atoms with Gasteiger partial charge in [-0.15, -0.1) is 0 Å². The van der Waals surface area contributed by atoms with E-state index >= 15 is 0 Å². The van der Waals surface area contributed by atoms with E-state index in [1.54, 1.807) is 36.3 Å². The highest BCUT2D eigenvalue weighted by atomic mass is 19.1. The lowest BCUT2D eigenvalue weighted by Gasteiger charge is -2.17. The Morgan fingerprint density at radius 2 is 2.09 bits per heavy atom. The van der Waals surface area contributed by atoms with Gasteiger partial charge in [0.15, 0.2) is 0 Å². The third-order valence-electron chi connectivity index (χ3n) is 3.89. The molecule has 0 aliphatic carbocycles. The highest BCUT2D eigenvalue weighted by molar-refractivity contribution is 5.93. The van der Waals surface area contributed by atoms with Gasteiger partial charge >= 0.3 is 0 Å². The third-order valence-corrected chi connectivity index (χ3v) is 3.89. The fraction of sp³-hybridized carbons (Fsp3) is 0.312. The van der Waals surface area contributed by atoms with E-state index < -0.39 is 0 Å². The fourth-order valence-electron chi connectivity index (χ4n) is 2.69. The second-order valence-electron chi connectivity index (χ2n) is 5.62. The van der Waals surface area contributed by atoms with Crippen LogP contribution in [0.3, 0.4) is 0 Å². The molecule has 6 nitrogen and oxygen atoms in total. The molecule has 1 unspecified atom stereocenters. The molecule has 2 aromatic rings. The maximum absolute atomic E-state index is 12.9. The highest BCUT2D eigenvalue weighted by Crippen LogP contribution is 2.16. The van der Waals surface area contributed by atoms with E-state index in [-0.39, 0.29) is 30.1 Å². The smallest absolute Gasteiger partial charge is 0.269 e. The fourth-order valence-corrected chi connectivity index (χ4v) is 2.69. The van der Waals surface area contributed by atoms with Crippen LogP contribution in [-0.4, -0.2) is 39.1 Å². The largest absolute Gasteiger partial charge is 0.346 e. The van der Waals surface area contributed by atoms with Crippen LogP contribution in [0.15, 0.2) is 36.5 Å². The summed E-state index contributed by atoms with van der Waals surface area (Å²) in [4.78, 5) is 25.9. The van der Waals surface area contributed by atoms with Gasteiger partial charge in [-0.2, -0.15) is 5.10 Å². The Morgan fingerprint density at radius 1 is 1.35 bits per heavy atom. The van der Waals surface area contributed by atoms with Gasteiger partial charge in [-0.05, 0) is 23.8 Å². The molecule has 1 aromatic carbocycles. The topological polar surface area (TPSA) is 67.2 Å². The lowest BCUT2D eigenvalue weighted by atomic mass is 10.2. The van der Waals surface area contributed by atoms with Crippen molar-refractivity contribution in [3.63, 3.8) is 0 Å². The van der Waals surface area contributed by atoms with Gasteiger partial charge in [-0.3, -0.25) is 14.3 Å². The first kappa shape index (κ1) is 15.2. The van der Waals surface area contributed by atoms with E-state index in [1.165, 1.54) is 16.8 Å². The lowest BCUT2D eigenvalue weighted by Crippen LogP contribution is -2.37. The summed E-state index contributed by atoms with van der Waals surface area (Å²) in [5.41, 5.74) is 1.31. The predicted octanol–water partition coefficient (Wildman–Crippen LogP) is 1.09. The van der Waals surface area contributed by atoms with Crippen LogP contribution in [0.2, 0.25) is 0 Å². The summed E-state index contributed by atoms with van der Waals surface area (Å²) in [7, 11) is 1.69. The molecule has 1 saturated heterocycles. The number of hydrogen-bond acceptors (Lipinski definition) is 3. The number of aryl methyl sites for hydroxylation is 1. The number of nitrogens with zero attached hydrogens (tertiary/aromatic N) is 3. The first-order valence-corrected chi connectivity index (χ1v) is 7.34. The molecule has 7 heteroatoms. The highest BCUT2D eigenvalue weighted by Gasteiger charge is 2.31. The minimum atomic E-state index is -0.303. The average molecular weight is 316 g/mol. The Labute approximate surface area is 132 Å². The molecule has 1 fully saturated rings. The molecule has 120 valence electrons. The second-order valence-corrected chi connectivity index (χ2v) is 5.62. The maximum atomic E-state index is 12.9. The van der Waals surface area contributed by atoms with E-state index in [0.29, 0.717) is 18.8 Å². The molecular weight excluding hydrogens is 299 g/mol. The molecule has 2 amide bonds. The summed E-state index contributed by atoms with van der Waals surface area (Å²) < 4.78 is 14.4. The number of likely N-dealkylation sites (tertiary alicyclic amines) is 1. The molecule has 0 saturated carbocycles. The maximum Gasteiger partial charge on any atom is 0.269 e. The summed E-state index contributed by atoms with van der Waals surface area (Å²) in [5.74, 6) is -0.570. The van der Waals surface area contributed by atoms with Crippen LogP contribution in [0.5, 0.6) is 0 Å². The van der Waals surface area contributed by atoms with Gasteiger partial charge in [0.05, 0.1) is 6.04 Å². The number of amides is 2. The van der Waals surface area contributed by atoms with Crippen LogP contribution in [0.4, 0.5) is 4.39 Å². The number of carbonyl (C=O) groups excluding carboxylic acids is 2. The van der Waals surface area contributed by atoms with Crippen molar-refractivity contribution in [2.45, 2.75) is 19.0 Å². The summed E-state index contributed by atoms with van der Waals surface area (Å²) >= 11 is 0. The zero-order chi connectivity index (χ0) is 16.4. The molecule has 0 radical (unpaired) electrons. The van der Waals surface area contributed by atoms with Gasteiger partial charge in [0.25, 0.3) is 5.91 Å². The van der Waals surface area contributed by atoms with Crippen molar-refractivity contribution in [2.75, 3.05) is 6.54 Å². The number of nitrogens with one attached hydrogen (secondary N) is 1. The van der Waals surface area contributed by atoms with E-state index in [4.69, 9.17) is 0 Å². The quantitative estimate of drug-likeness (QED) is 0.918. The Bertz CT molecular complexity index is 726. The van der Waals surface area contributed by atoms with Crippen LogP contribution in [0, 0.1) is 5.82 Å². The standard InChI is InChI=1S/C16H17FN4O2/c1-20-14(6-7-18-20)16(23)19-13-8-15(22)21(10-13)9-11-2-4-12(17)5-3-11/h2-7,13H,8-10H2,1H3,(H,19,23). The van der Waals surface area contributed by atoms with E-state index in [0.717, 1.165) is 5.56 Å². The molecule has 2 heterocycles. The summed E-state index contributed by atoms with van der Waals surface area (Å²) in [5, 5.41) is 6.81. The molecule has 1 aliphatic heterocycles.